The zero-order chi connectivity index (χ0) is 23.7. The molecule has 3 saturated heterocycles. The molecule has 8 heteroatoms. The van der Waals surface area contributed by atoms with Crippen molar-refractivity contribution in [2.45, 2.75) is 69.8 Å². The van der Waals surface area contributed by atoms with E-state index in [1.807, 2.05) is 14.7 Å². The van der Waals surface area contributed by atoms with E-state index in [0.717, 1.165) is 71.4 Å². The summed E-state index contributed by atoms with van der Waals surface area (Å²) in [5.41, 5.74) is 2.74. The first-order chi connectivity index (χ1) is 16.5. The number of likely N-dealkylation sites (tertiary alicyclic amines) is 3. The number of β-amino-alcohol motifs (C(OH)–C–C–N with tert-alkyl or cyclic N) is 1. The number of carbonyl (C=O) groups excluding carboxylic acids is 2. The molecule has 0 bridgehead atoms. The molecular weight excluding hydrogens is 430 g/mol. The first-order valence-corrected chi connectivity index (χ1v) is 13.0. The van der Waals surface area contributed by atoms with E-state index in [2.05, 4.69) is 34.5 Å². The summed E-state index contributed by atoms with van der Waals surface area (Å²) in [6.45, 7) is 7.66. The van der Waals surface area contributed by atoms with E-state index >= 15 is 0 Å². The van der Waals surface area contributed by atoms with Gasteiger partial charge >= 0.3 is 6.03 Å². The minimum absolute atomic E-state index is 0.0115. The molecule has 0 spiro atoms. The van der Waals surface area contributed by atoms with Gasteiger partial charge in [0.2, 0.25) is 5.91 Å². The third kappa shape index (κ3) is 5.09. The molecule has 34 heavy (non-hydrogen) atoms. The molecule has 4 heterocycles. The second kappa shape index (κ2) is 10.2. The van der Waals surface area contributed by atoms with Gasteiger partial charge in [-0.15, -0.1) is 0 Å². The number of hydrogen-bond acceptors (Lipinski definition) is 5. The molecule has 0 aromatic heterocycles. The van der Waals surface area contributed by atoms with E-state index in [-0.39, 0.29) is 18.0 Å². The number of aliphatic hydroxyl groups excluding tert-OH is 1. The number of hydrogen-bond donors (Lipinski definition) is 2. The normalized spacial score (nSPS) is 27.2. The van der Waals surface area contributed by atoms with Crippen LogP contribution in [0, 0.1) is 0 Å². The Balaban J connectivity index is 1.08. The van der Waals surface area contributed by atoms with Crippen molar-refractivity contribution in [1.82, 2.24) is 24.9 Å². The number of piperidine rings is 2. The van der Waals surface area contributed by atoms with E-state index in [0.29, 0.717) is 25.2 Å². The van der Waals surface area contributed by atoms with E-state index in [1.54, 1.807) is 6.92 Å². The van der Waals surface area contributed by atoms with Crippen LogP contribution < -0.4 is 5.32 Å². The Morgan fingerprint density at radius 2 is 1.47 bits per heavy atom. The van der Waals surface area contributed by atoms with Crippen molar-refractivity contribution in [2.24, 2.45) is 0 Å². The van der Waals surface area contributed by atoms with Crippen LogP contribution >= 0.6 is 0 Å². The van der Waals surface area contributed by atoms with Crippen molar-refractivity contribution in [3.8, 4) is 0 Å². The number of urea groups is 1. The molecule has 1 aromatic rings. The standard InChI is InChI=1S/C26H39N5O3/c1-19(32)28-12-7-22(8-13-28)27-23-9-14-29(15-10-23)26(34)31-17-24(25(33)18-31)30-11-6-20-4-2-3-5-21(20)16-30/h2-5,22-25,27,33H,6-18H2,1H3. The largest absolute Gasteiger partial charge is 0.390 e. The van der Waals surface area contributed by atoms with Crippen LogP contribution in [-0.4, -0.2) is 107 Å². The Morgan fingerprint density at radius 1 is 0.853 bits per heavy atom. The van der Waals surface area contributed by atoms with Crippen molar-refractivity contribution >= 4 is 11.9 Å². The second-order valence-corrected chi connectivity index (χ2v) is 10.5. The lowest BCUT2D eigenvalue weighted by molar-refractivity contribution is -0.129. The predicted molar refractivity (Wildman–Crippen MR) is 130 cm³/mol. The molecule has 4 aliphatic heterocycles. The topological polar surface area (TPSA) is 79.4 Å². The van der Waals surface area contributed by atoms with Crippen molar-refractivity contribution < 1.29 is 14.7 Å². The van der Waals surface area contributed by atoms with Crippen LogP contribution in [-0.2, 0) is 17.8 Å². The average molecular weight is 470 g/mol. The lowest BCUT2D eigenvalue weighted by atomic mass is 9.98. The number of amides is 3. The highest BCUT2D eigenvalue weighted by Gasteiger charge is 2.40. The van der Waals surface area contributed by atoms with E-state index < -0.39 is 6.10 Å². The average Bonchev–Trinajstić information content (AvgIpc) is 3.25. The van der Waals surface area contributed by atoms with Gasteiger partial charge in [0.05, 0.1) is 12.1 Å². The fourth-order valence-electron chi connectivity index (χ4n) is 6.22. The monoisotopic (exact) mass is 469 g/mol. The lowest BCUT2D eigenvalue weighted by Gasteiger charge is -2.38. The van der Waals surface area contributed by atoms with Gasteiger partial charge in [0, 0.05) is 71.4 Å². The van der Waals surface area contributed by atoms with Gasteiger partial charge in [-0.1, -0.05) is 24.3 Å². The van der Waals surface area contributed by atoms with E-state index in [9.17, 15) is 14.7 Å². The molecule has 0 radical (unpaired) electrons. The summed E-state index contributed by atoms with van der Waals surface area (Å²) in [5.74, 6) is 0.171. The maximum absolute atomic E-state index is 13.2. The lowest BCUT2D eigenvalue weighted by Crippen LogP contribution is -2.53. The van der Waals surface area contributed by atoms with Gasteiger partial charge < -0.3 is 25.1 Å². The maximum Gasteiger partial charge on any atom is 0.320 e. The van der Waals surface area contributed by atoms with E-state index in [1.165, 1.54) is 11.1 Å². The molecule has 2 atom stereocenters. The van der Waals surface area contributed by atoms with Gasteiger partial charge in [0.1, 0.15) is 0 Å². The van der Waals surface area contributed by atoms with Gasteiger partial charge in [-0.2, -0.15) is 0 Å². The highest BCUT2D eigenvalue weighted by Crippen LogP contribution is 2.26. The van der Waals surface area contributed by atoms with Crippen LogP contribution in [0.4, 0.5) is 4.79 Å². The molecule has 3 amide bonds. The first kappa shape index (κ1) is 23.6. The van der Waals surface area contributed by atoms with Gasteiger partial charge in [0.25, 0.3) is 0 Å². The number of nitrogens with one attached hydrogen (secondary N) is 1. The molecule has 4 aliphatic rings. The van der Waals surface area contributed by atoms with Gasteiger partial charge in [0.15, 0.2) is 0 Å². The zero-order valence-electron chi connectivity index (χ0n) is 20.4. The summed E-state index contributed by atoms with van der Waals surface area (Å²) in [6, 6.07) is 9.53. The Hall–Kier alpha value is -2.16. The van der Waals surface area contributed by atoms with Crippen LogP contribution in [0.2, 0.25) is 0 Å². The minimum Gasteiger partial charge on any atom is -0.390 e. The summed E-state index contributed by atoms with van der Waals surface area (Å²) in [5, 5.41) is 14.6. The number of nitrogens with zero attached hydrogens (tertiary/aromatic N) is 4. The molecule has 186 valence electrons. The molecular formula is C26H39N5O3. The number of carbonyl (C=O) groups is 2. The second-order valence-electron chi connectivity index (χ2n) is 10.5. The van der Waals surface area contributed by atoms with Crippen molar-refractivity contribution in [3.05, 3.63) is 35.4 Å². The number of aliphatic hydroxyl groups is 1. The van der Waals surface area contributed by atoms with Crippen LogP contribution in [0.3, 0.4) is 0 Å². The summed E-state index contributed by atoms with van der Waals surface area (Å²) >= 11 is 0. The quantitative estimate of drug-likeness (QED) is 0.697. The molecule has 5 rings (SSSR count). The summed E-state index contributed by atoms with van der Waals surface area (Å²) in [7, 11) is 0. The molecule has 0 saturated carbocycles. The van der Waals surface area contributed by atoms with Crippen molar-refractivity contribution in [2.75, 3.05) is 45.8 Å². The van der Waals surface area contributed by atoms with Gasteiger partial charge in [-0.3, -0.25) is 9.69 Å². The van der Waals surface area contributed by atoms with Gasteiger partial charge in [-0.05, 0) is 43.2 Å². The third-order valence-electron chi connectivity index (χ3n) is 8.34. The number of benzene rings is 1. The fourth-order valence-corrected chi connectivity index (χ4v) is 6.22. The zero-order valence-corrected chi connectivity index (χ0v) is 20.4. The molecule has 3 fully saturated rings. The molecule has 0 aliphatic carbocycles. The smallest absolute Gasteiger partial charge is 0.320 e. The number of fused-ring (bicyclic) bond motifs is 1. The Labute approximate surface area is 202 Å². The van der Waals surface area contributed by atoms with Crippen LogP contribution in [0.15, 0.2) is 24.3 Å². The summed E-state index contributed by atoms with van der Waals surface area (Å²) in [6.07, 6.45) is 4.44. The Kier molecular flexibility index (Phi) is 7.09. The molecule has 2 N–H and O–H groups in total. The van der Waals surface area contributed by atoms with Crippen LogP contribution in [0.1, 0.15) is 43.7 Å². The van der Waals surface area contributed by atoms with E-state index in [4.69, 9.17) is 0 Å². The Morgan fingerprint density at radius 3 is 2.12 bits per heavy atom. The van der Waals surface area contributed by atoms with Crippen molar-refractivity contribution in [3.63, 3.8) is 0 Å². The Bertz CT molecular complexity index is 879. The molecule has 8 nitrogen and oxygen atoms in total. The SMILES string of the molecule is CC(=O)N1CCC(NC2CCN(C(=O)N3CC(O)C(N4CCc5ccccc5C4)C3)CC2)CC1. The maximum atomic E-state index is 13.2. The first-order valence-electron chi connectivity index (χ1n) is 13.0. The van der Waals surface area contributed by atoms with Crippen LogP contribution in [0.25, 0.3) is 0 Å². The molecule has 2 unspecified atom stereocenters. The fraction of sp³-hybridized carbons (Fsp3) is 0.692. The van der Waals surface area contributed by atoms with Crippen molar-refractivity contribution in [1.29, 1.82) is 0 Å². The highest BCUT2D eigenvalue weighted by atomic mass is 16.3. The van der Waals surface area contributed by atoms with Gasteiger partial charge in [-0.25, -0.2) is 4.79 Å². The highest BCUT2D eigenvalue weighted by molar-refractivity contribution is 5.75. The predicted octanol–water partition coefficient (Wildman–Crippen LogP) is 1.27. The minimum atomic E-state index is -0.491. The summed E-state index contributed by atoms with van der Waals surface area (Å²) < 4.78 is 0. The molecule has 1 aromatic carbocycles. The summed E-state index contributed by atoms with van der Waals surface area (Å²) in [4.78, 5) is 32.9. The van der Waals surface area contributed by atoms with Crippen LogP contribution in [0.5, 0.6) is 0 Å². The third-order valence-corrected chi connectivity index (χ3v) is 8.34. The number of rotatable bonds is 3.